The van der Waals surface area contributed by atoms with Crippen molar-refractivity contribution < 1.29 is 4.79 Å². The summed E-state index contributed by atoms with van der Waals surface area (Å²) in [6, 6.07) is 13.5. The maximum Gasteiger partial charge on any atom is 0.230 e. The van der Waals surface area contributed by atoms with Crippen LogP contribution in [-0.2, 0) is 11.2 Å². The molecule has 0 fully saturated rings. The zero-order valence-electron chi connectivity index (χ0n) is 11.7. The lowest BCUT2D eigenvalue weighted by Crippen LogP contribution is -2.15. The number of aromatic nitrogens is 2. The van der Waals surface area contributed by atoms with E-state index in [1.165, 1.54) is 0 Å². The van der Waals surface area contributed by atoms with Crippen LogP contribution in [0.25, 0.3) is 10.9 Å². The van der Waals surface area contributed by atoms with Crippen LogP contribution in [0.2, 0.25) is 0 Å². The van der Waals surface area contributed by atoms with Gasteiger partial charge in [0.05, 0.1) is 17.6 Å². The zero-order chi connectivity index (χ0) is 14.7. The quantitative estimate of drug-likeness (QED) is 0.800. The Labute approximate surface area is 122 Å². The van der Waals surface area contributed by atoms with Gasteiger partial charge in [-0.05, 0) is 30.7 Å². The molecule has 1 N–H and O–H groups in total. The van der Waals surface area contributed by atoms with Crippen LogP contribution >= 0.6 is 0 Å². The zero-order valence-corrected chi connectivity index (χ0v) is 11.7. The number of nitrogens with one attached hydrogen (secondary N) is 1. The second-order valence-electron chi connectivity index (χ2n) is 4.91. The van der Waals surface area contributed by atoms with Crippen molar-refractivity contribution in [3.05, 3.63) is 66.1 Å². The van der Waals surface area contributed by atoms with E-state index >= 15 is 0 Å². The minimum absolute atomic E-state index is 0.0818. The summed E-state index contributed by atoms with van der Waals surface area (Å²) in [6.07, 6.45) is 3.55. The van der Waals surface area contributed by atoms with Crippen LogP contribution in [0.4, 0.5) is 5.69 Å². The van der Waals surface area contributed by atoms with Crippen molar-refractivity contribution in [1.82, 2.24) is 9.97 Å². The summed E-state index contributed by atoms with van der Waals surface area (Å²) in [5, 5.41) is 3.93. The molecule has 0 saturated heterocycles. The molecule has 104 valence electrons. The topological polar surface area (TPSA) is 54.9 Å². The maximum atomic E-state index is 12.0. The van der Waals surface area contributed by atoms with Gasteiger partial charge in [-0.2, -0.15) is 0 Å². The lowest BCUT2D eigenvalue weighted by atomic mass is 10.1. The molecule has 2 aromatic heterocycles. The van der Waals surface area contributed by atoms with E-state index in [2.05, 4.69) is 15.3 Å². The Bertz CT molecular complexity index is 784. The average Bonchev–Trinajstić information content (AvgIpc) is 2.49. The standard InChI is InChI=1S/C17H15N3O/c1-12-3-2-4-13-5-6-15(20-17(12)13)11-16(21)19-14-7-9-18-10-8-14/h2-10H,11H2,1H3,(H,18,19,21). The van der Waals surface area contributed by atoms with Crippen LogP contribution in [-0.4, -0.2) is 15.9 Å². The molecule has 4 heteroatoms. The molecule has 4 nitrogen and oxygen atoms in total. The fourth-order valence-electron chi connectivity index (χ4n) is 2.24. The fourth-order valence-corrected chi connectivity index (χ4v) is 2.24. The molecule has 0 atom stereocenters. The Morgan fingerprint density at radius 2 is 1.90 bits per heavy atom. The highest BCUT2D eigenvalue weighted by Crippen LogP contribution is 2.16. The summed E-state index contributed by atoms with van der Waals surface area (Å²) in [7, 11) is 0. The van der Waals surface area contributed by atoms with Gasteiger partial charge in [0.1, 0.15) is 0 Å². The minimum atomic E-state index is -0.0818. The van der Waals surface area contributed by atoms with Gasteiger partial charge in [0.25, 0.3) is 0 Å². The van der Waals surface area contributed by atoms with Crippen LogP contribution < -0.4 is 5.32 Å². The van der Waals surface area contributed by atoms with Crippen LogP contribution in [0.1, 0.15) is 11.3 Å². The first-order valence-electron chi connectivity index (χ1n) is 6.77. The van der Waals surface area contributed by atoms with E-state index in [0.29, 0.717) is 0 Å². The van der Waals surface area contributed by atoms with Gasteiger partial charge in [0.2, 0.25) is 5.91 Å². The summed E-state index contributed by atoms with van der Waals surface area (Å²) in [4.78, 5) is 20.5. The van der Waals surface area contributed by atoms with Crippen molar-refractivity contribution >= 4 is 22.5 Å². The molecule has 2 heterocycles. The van der Waals surface area contributed by atoms with Crippen molar-refractivity contribution in [1.29, 1.82) is 0 Å². The predicted molar refractivity (Wildman–Crippen MR) is 83.1 cm³/mol. The van der Waals surface area contributed by atoms with Gasteiger partial charge >= 0.3 is 0 Å². The Balaban J connectivity index is 1.78. The van der Waals surface area contributed by atoms with Crippen molar-refractivity contribution in [3.8, 4) is 0 Å². The van der Waals surface area contributed by atoms with Gasteiger partial charge in [-0.15, -0.1) is 0 Å². The van der Waals surface area contributed by atoms with E-state index < -0.39 is 0 Å². The number of nitrogens with zero attached hydrogens (tertiary/aromatic N) is 2. The van der Waals surface area contributed by atoms with Crippen molar-refractivity contribution in [2.45, 2.75) is 13.3 Å². The maximum absolute atomic E-state index is 12.0. The van der Waals surface area contributed by atoms with Crippen LogP contribution in [0.3, 0.4) is 0 Å². The van der Waals surface area contributed by atoms with E-state index in [4.69, 9.17) is 0 Å². The van der Waals surface area contributed by atoms with E-state index in [1.807, 2.05) is 37.3 Å². The number of carbonyl (C=O) groups excluding carboxylic acids is 1. The Hall–Kier alpha value is -2.75. The van der Waals surface area contributed by atoms with Crippen LogP contribution in [0.5, 0.6) is 0 Å². The van der Waals surface area contributed by atoms with Gasteiger partial charge in [-0.25, -0.2) is 0 Å². The second-order valence-corrected chi connectivity index (χ2v) is 4.91. The number of rotatable bonds is 3. The molecule has 0 bridgehead atoms. The lowest BCUT2D eigenvalue weighted by Gasteiger charge is -2.06. The highest BCUT2D eigenvalue weighted by Gasteiger charge is 2.07. The number of pyridine rings is 2. The molecule has 0 unspecified atom stereocenters. The van der Waals surface area contributed by atoms with Gasteiger partial charge in [0, 0.05) is 23.5 Å². The number of amides is 1. The number of aryl methyl sites for hydroxylation is 1. The third kappa shape index (κ3) is 3.05. The average molecular weight is 277 g/mol. The molecule has 0 aliphatic rings. The number of benzene rings is 1. The van der Waals surface area contributed by atoms with Crippen molar-refractivity contribution in [2.75, 3.05) is 5.32 Å². The molecule has 0 saturated carbocycles. The summed E-state index contributed by atoms with van der Waals surface area (Å²) in [5.74, 6) is -0.0818. The Kier molecular flexibility index (Phi) is 3.60. The van der Waals surface area contributed by atoms with E-state index in [-0.39, 0.29) is 12.3 Å². The predicted octanol–water partition coefficient (Wildman–Crippen LogP) is 3.12. The third-order valence-corrected chi connectivity index (χ3v) is 3.29. The second kappa shape index (κ2) is 5.71. The number of hydrogen-bond acceptors (Lipinski definition) is 3. The number of fused-ring (bicyclic) bond motifs is 1. The summed E-state index contributed by atoms with van der Waals surface area (Å²) in [6.45, 7) is 2.02. The van der Waals surface area contributed by atoms with Crippen molar-refractivity contribution in [3.63, 3.8) is 0 Å². The first-order valence-corrected chi connectivity index (χ1v) is 6.77. The molecule has 0 aliphatic heterocycles. The highest BCUT2D eigenvalue weighted by molar-refractivity contribution is 5.92. The largest absolute Gasteiger partial charge is 0.326 e. The first-order chi connectivity index (χ1) is 10.2. The Morgan fingerprint density at radius 3 is 2.71 bits per heavy atom. The minimum Gasteiger partial charge on any atom is -0.326 e. The number of para-hydroxylation sites is 1. The summed E-state index contributed by atoms with van der Waals surface area (Å²) < 4.78 is 0. The van der Waals surface area contributed by atoms with Crippen LogP contribution in [0.15, 0.2) is 54.9 Å². The highest BCUT2D eigenvalue weighted by atomic mass is 16.1. The monoisotopic (exact) mass is 277 g/mol. The number of hydrogen-bond donors (Lipinski definition) is 1. The van der Waals surface area contributed by atoms with Crippen molar-refractivity contribution in [2.24, 2.45) is 0 Å². The fraction of sp³-hybridized carbons (Fsp3) is 0.118. The van der Waals surface area contributed by atoms with E-state index in [9.17, 15) is 4.79 Å². The van der Waals surface area contributed by atoms with Gasteiger partial charge in [-0.3, -0.25) is 14.8 Å². The molecule has 0 spiro atoms. The SMILES string of the molecule is Cc1cccc2ccc(CC(=O)Nc3ccncc3)nc12. The molecular weight excluding hydrogens is 262 g/mol. The smallest absolute Gasteiger partial charge is 0.230 e. The molecule has 3 rings (SSSR count). The molecule has 21 heavy (non-hydrogen) atoms. The normalized spacial score (nSPS) is 10.5. The molecule has 0 radical (unpaired) electrons. The Morgan fingerprint density at radius 1 is 1.10 bits per heavy atom. The lowest BCUT2D eigenvalue weighted by molar-refractivity contribution is -0.115. The number of anilines is 1. The van der Waals surface area contributed by atoms with Gasteiger partial charge in [0.15, 0.2) is 0 Å². The first kappa shape index (κ1) is 13.2. The number of carbonyl (C=O) groups is 1. The third-order valence-electron chi connectivity index (χ3n) is 3.29. The molecule has 3 aromatic rings. The molecule has 1 aromatic carbocycles. The molecule has 1 amide bonds. The summed E-state index contributed by atoms with van der Waals surface area (Å²) >= 11 is 0. The molecule has 0 aliphatic carbocycles. The molecular formula is C17H15N3O. The van der Waals surface area contributed by atoms with Gasteiger partial charge in [-0.1, -0.05) is 24.3 Å². The van der Waals surface area contributed by atoms with E-state index in [0.717, 1.165) is 27.8 Å². The van der Waals surface area contributed by atoms with Crippen LogP contribution in [0, 0.1) is 6.92 Å². The van der Waals surface area contributed by atoms with E-state index in [1.54, 1.807) is 24.5 Å². The van der Waals surface area contributed by atoms with Gasteiger partial charge < -0.3 is 5.32 Å². The summed E-state index contributed by atoms with van der Waals surface area (Å²) in [5.41, 5.74) is 3.57.